The van der Waals surface area contributed by atoms with E-state index in [0.717, 1.165) is 39.1 Å². The van der Waals surface area contributed by atoms with Gasteiger partial charge in [0, 0.05) is 31.6 Å². The number of halogens is 1. The van der Waals surface area contributed by atoms with Gasteiger partial charge in [0.25, 0.3) is 5.91 Å². The number of amides is 1. The first-order valence-electron chi connectivity index (χ1n) is 6.39. The fourth-order valence-corrected chi connectivity index (χ4v) is 3.14. The molecule has 3 aliphatic rings. The van der Waals surface area contributed by atoms with Crippen LogP contribution in [0.1, 0.15) is 19.3 Å². The summed E-state index contributed by atoms with van der Waals surface area (Å²) in [6, 6.07) is 0. The average molecular weight is 238 g/mol. The normalized spacial score (nSPS) is 29.1. The van der Waals surface area contributed by atoms with Crippen LogP contribution < -0.4 is 0 Å². The van der Waals surface area contributed by atoms with E-state index < -0.39 is 5.67 Å². The zero-order valence-electron chi connectivity index (χ0n) is 10.1. The second-order valence-electron chi connectivity index (χ2n) is 5.90. The van der Waals surface area contributed by atoms with Crippen LogP contribution in [0.4, 0.5) is 4.39 Å². The van der Waals surface area contributed by atoms with Gasteiger partial charge < -0.3 is 4.90 Å². The lowest BCUT2D eigenvalue weighted by Gasteiger charge is -2.48. The second kappa shape index (κ2) is 3.55. The van der Waals surface area contributed by atoms with Crippen LogP contribution in [0.15, 0.2) is 12.7 Å². The molecule has 2 heterocycles. The molecule has 0 atom stereocenters. The highest BCUT2D eigenvalue weighted by Gasteiger charge is 2.58. The van der Waals surface area contributed by atoms with Crippen LogP contribution in [0.3, 0.4) is 0 Å². The van der Waals surface area contributed by atoms with Gasteiger partial charge in [0.2, 0.25) is 0 Å². The molecule has 1 spiro atoms. The molecule has 0 bridgehead atoms. The number of carbonyl (C=O) groups is 1. The molecule has 3 nitrogen and oxygen atoms in total. The topological polar surface area (TPSA) is 23.6 Å². The molecule has 0 aromatic heterocycles. The average Bonchev–Trinajstić information content (AvgIpc) is 2.86. The minimum absolute atomic E-state index is 0.254. The van der Waals surface area contributed by atoms with E-state index in [1.807, 2.05) is 6.08 Å². The first kappa shape index (κ1) is 11.2. The second-order valence-corrected chi connectivity index (χ2v) is 5.90. The van der Waals surface area contributed by atoms with Crippen molar-refractivity contribution in [2.24, 2.45) is 5.41 Å². The highest BCUT2D eigenvalue weighted by Crippen LogP contribution is 2.46. The van der Waals surface area contributed by atoms with Crippen molar-refractivity contribution in [3.8, 4) is 0 Å². The number of hydrogen-bond donors (Lipinski definition) is 0. The summed E-state index contributed by atoms with van der Waals surface area (Å²) in [4.78, 5) is 15.8. The van der Waals surface area contributed by atoms with Gasteiger partial charge in [-0.25, -0.2) is 4.39 Å². The maximum Gasteiger partial charge on any atom is 0.260 e. The van der Waals surface area contributed by atoms with Crippen LogP contribution in [0.25, 0.3) is 0 Å². The van der Waals surface area contributed by atoms with E-state index in [4.69, 9.17) is 0 Å². The lowest BCUT2D eigenvalue weighted by atomic mass is 9.78. The number of likely N-dealkylation sites (tertiary alicyclic amines) is 2. The zero-order chi connectivity index (χ0) is 12.1. The number of hydrogen-bond acceptors (Lipinski definition) is 2. The molecule has 0 aromatic rings. The Balaban J connectivity index is 1.54. The standard InChI is InChI=1S/C13H19FN2O/c1-2-6-15-7-5-12(8-15)9-16(10-12)11(17)13(14)3-4-13/h2H,1,3-10H2. The van der Waals surface area contributed by atoms with Crippen molar-refractivity contribution >= 4 is 5.91 Å². The van der Waals surface area contributed by atoms with Gasteiger partial charge in [0.1, 0.15) is 0 Å². The summed E-state index contributed by atoms with van der Waals surface area (Å²) >= 11 is 0. The Morgan fingerprint density at radius 2 is 2.00 bits per heavy atom. The Hall–Kier alpha value is -0.900. The first-order chi connectivity index (χ1) is 8.07. The van der Waals surface area contributed by atoms with E-state index in [1.165, 1.54) is 0 Å². The summed E-state index contributed by atoms with van der Waals surface area (Å²) in [5.41, 5.74) is -1.23. The van der Waals surface area contributed by atoms with Crippen molar-refractivity contribution in [2.75, 3.05) is 32.7 Å². The Morgan fingerprint density at radius 3 is 2.59 bits per heavy atom. The molecule has 4 heteroatoms. The minimum atomic E-state index is -1.49. The minimum Gasteiger partial charge on any atom is -0.339 e. The van der Waals surface area contributed by atoms with E-state index in [0.29, 0.717) is 12.8 Å². The maximum absolute atomic E-state index is 13.6. The monoisotopic (exact) mass is 238 g/mol. The Kier molecular flexibility index (Phi) is 2.34. The predicted molar refractivity (Wildman–Crippen MR) is 63.3 cm³/mol. The lowest BCUT2D eigenvalue weighted by molar-refractivity contribution is -0.149. The van der Waals surface area contributed by atoms with E-state index in [2.05, 4.69) is 11.5 Å². The molecule has 94 valence electrons. The molecule has 0 aromatic carbocycles. The number of nitrogens with zero attached hydrogens (tertiary/aromatic N) is 2. The van der Waals surface area contributed by atoms with Gasteiger partial charge in [-0.1, -0.05) is 6.08 Å². The smallest absolute Gasteiger partial charge is 0.260 e. The van der Waals surface area contributed by atoms with E-state index in [9.17, 15) is 9.18 Å². The first-order valence-corrected chi connectivity index (χ1v) is 6.39. The van der Waals surface area contributed by atoms with Crippen LogP contribution in [-0.4, -0.2) is 54.1 Å². The van der Waals surface area contributed by atoms with Crippen LogP contribution in [0, 0.1) is 5.41 Å². The van der Waals surface area contributed by atoms with Gasteiger partial charge in [-0.05, 0) is 25.8 Å². The molecule has 0 N–H and O–H groups in total. The summed E-state index contributed by atoms with van der Waals surface area (Å²) in [7, 11) is 0. The van der Waals surface area contributed by atoms with Crippen molar-refractivity contribution in [1.29, 1.82) is 0 Å². The Labute approximate surface area is 101 Å². The van der Waals surface area contributed by atoms with Crippen molar-refractivity contribution in [1.82, 2.24) is 9.80 Å². The molecule has 3 rings (SSSR count). The van der Waals surface area contributed by atoms with E-state index in [-0.39, 0.29) is 11.3 Å². The van der Waals surface area contributed by atoms with Crippen LogP contribution in [-0.2, 0) is 4.79 Å². The van der Waals surface area contributed by atoms with Gasteiger partial charge in [0.05, 0.1) is 0 Å². The molecule has 1 aliphatic carbocycles. The third-order valence-corrected chi connectivity index (χ3v) is 4.32. The molecule has 0 unspecified atom stereocenters. The number of rotatable bonds is 3. The molecule has 2 aliphatic heterocycles. The molecular formula is C13H19FN2O. The van der Waals surface area contributed by atoms with Crippen LogP contribution in [0.5, 0.6) is 0 Å². The summed E-state index contributed by atoms with van der Waals surface area (Å²) in [5, 5.41) is 0. The Bertz CT molecular complexity index is 358. The SMILES string of the molecule is C=CCN1CCC2(C1)CN(C(=O)C1(F)CC1)C2. The molecule has 2 saturated heterocycles. The summed E-state index contributed by atoms with van der Waals surface area (Å²) in [6.45, 7) is 8.28. The Morgan fingerprint density at radius 1 is 1.29 bits per heavy atom. The van der Waals surface area contributed by atoms with Crippen molar-refractivity contribution < 1.29 is 9.18 Å². The molecule has 0 radical (unpaired) electrons. The maximum atomic E-state index is 13.6. The highest BCUT2D eigenvalue weighted by molar-refractivity contribution is 5.88. The third kappa shape index (κ3) is 1.79. The highest BCUT2D eigenvalue weighted by atomic mass is 19.1. The summed E-state index contributed by atoms with van der Waals surface area (Å²) in [5.74, 6) is -0.259. The number of alkyl halides is 1. The van der Waals surface area contributed by atoms with Gasteiger partial charge in [-0.3, -0.25) is 9.69 Å². The predicted octanol–water partition coefficient (Wildman–Crippen LogP) is 1.21. The molecule has 1 saturated carbocycles. The summed E-state index contributed by atoms with van der Waals surface area (Å²) in [6.07, 6.45) is 3.90. The lowest BCUT2D eigenvalue weighted by Crippen LogP contribution is -2.61. The molecular weight excluding hydrogens is 219 g/mol. The van der Waals surface area contributed by atoms with Gasteiger partial charge in [-0.2, -0.15) is 0 Å². The van der Waals surface area contributed by atoms with E-state index >= 15 is 0 Å². The van der Waals surface area contributed by atoms with Gasteiger partial charge in [0.15, 0.2) is 5.67 Å². The zero-order valence-corrected chi connectivity index (χ0v) is 10.1. The summed E-state index contributed by atoms with van der Waals surface area (Å²) < 4.78 is 13.6. The largest absolute Gasteiger partial charge is 0.339 e. The quantitative estimate of drug-likeness (QED) is 0.690. The van der Waals surface area contributed by atoms with Crippen molar-refractivity contribution in [3.05, 3.63) is 12.7 Å². The van der Waals surface area contributed by atoms with Crippen molar-refractivity contribution in [3.63, 3.8) is 0 Å². The van der Waals surface area contributed by atoms with Gasteiger partial charge in [-0.15, -0.1) is 6.58 Å². The van der Waals surface area contributed by atoms with Gasteiger partial charge >= 0.3 is 0 Å². The third-order valence-electron chi connectivity index (χ3n) is 4.32. The van der Waals surface area contributed by atoms with Crippen LogP contribution >= 0.6 is 0 Å². The molecule has 17 heavy (non-hydrogen) atoms. The fraction of sp³-hybridized carbons (Fsp3) is 0.769. The fourth-order valence-electron chi connectivity index (χ4n) is 3.14. The van der Waals surface area contributed by atoms with E-state index in [1.54, 1.807) is 4.90 Å². The number of carbonyl (C=O) groups excluding carboxylic acids is 1. The van der Waals surface area contributed by atoms with Crippen LogP contribution in [0.2, 0.25) is 0 Å². The van der Waals surface area contributed by atoms with Crippen molar-refractivity contribution in [2.45, 2.75) is 24.9 Å². The molecule has 3 fully saturated rings. The molecule has 1 amide bonds.